The molecule has 0 aliphatic carbocycles. The molecule has 4 N–H and O–H groups in total. The van der Waals surface area contributed by atoms with Gasteiger partial charge in [-0.15, -0.1) is 0 Å². The Morgan fingerprint density at radius 1 is 1.20 bits per heavy atom. The van der Waals surface area contributed by atoms with Crippen molar-refractivity contribution in [2.75, 3.05) is 38.5 Å². The van der Waals surface area contributed by atoms with Crippen molar-refractivity contribution in [2.24, 2.45) is 5.73 Å². The summed E-state index contributed by atoms with van der Waals surface area (Å²) in [5.41, 5.74) is 11.3. The number of amides is 2. The first-order valence-electron chi connectivity index (χ1n) is 6.61. The van der Waals surface area contributed by atoms with Crippen molar-refractivity contribution >= 4 is 17.5 Å². The SMILES string of the molecule is NC(=O)CN1CCCN(C(=O)Cn2cc(N)cn2)CC1. The molecule has 20 heavy (non-hydrogen) atoms. The summed E-state index contributed by atoms with van der Waals surface area (Å²) in [6, 6.07) is 0. The molecule has 8 nitrogen and oxygen atoms in total. The number of rotatable bonds is 4. The third-order valence-electron chi connectivity index (χ3n) is 3.27. The molecule has 0 unspecified atom stereocenters. The van der Waals surface area contributed by atoms with Gasteiger partial charge in [-0.05, 0) is 6.42 Å². The Morgan fingerprint density at radius 2 is 2.00 bits per heavy atom. The second-order valence-electron chi connectivity index (χ2n) is 4.95. The summed E-state index contributed by atoms with van der Waals surface area (Å²) in [4.78, 5) is 26.9. The van der Waals surface area contributed by atoms with E-state index >= 15 is 0 Å². The number of carbonyl (C=O) groups is 2. The molecule has 1 fully saturated rings. The second-order valence-corrected chi connectivity index (χ2v) is 4.95. The Kier molecular flexibility index (Phi) is 4.57. The van der Waals surface area contributed by atoms with E-state index in [9.17, 15) is 9.59 Å². The molecular weight excluding hydrogens is 260 g/mol. The molecule has 0 radical (unpaired) electrons. The molecule has 1 saturated heterocycles. The number of nitrogens with two attached hydrogens (primary N) is 2. The summed E-state index contributed by atoms with van der Waals surface area (Å²) in [7, 11) is 0. The van der Waals surface area contributed by atoms with E-state index in [0.29, 0.717) is 25.3 Å². The number of anilines is 1. The molecule has 0 atom stereocenters. The van der Waals surface area contributed by atoms with E-state index in [1.54, 1.807) is 11.1 Å². The fraction of sp³-hybridized carbons (Fsp3) is 0.583. The van der Waals surface area contributed by atoms with Crippen molar-refractivity contribution in [3.63, 3.8) is 0 Å². The van der Waals surface area contributed by atoms with Gasteiger partial charge in [0.15, 0.2) is 0 Å². The summed E-state index contributed by atoms with van der Waals surface area (Å²) in [6.07, 6.45) is 3.99. The van der Waals surface area contributed by atoms with Gasteiger partial charge in [0, 0.05) is 32.4 Å². The van der Waals surface area contributed by atoms with Gasteiger partial charge in [0.2, 0.25) is 11.8 Å². The average Bonchev–Trinajstić information content (AvgIpc) is 2.64. The predicted molar refractivity (Wildman–Crippen MR) is 73.5 cm³/mol. The Labute approximate surface area is 117 Å². The highest BCUT2D eigenvalue weighted by molar-refractivity contribution is 5.76. The molecule has 0 bridgehead atoms. The molecule has 2 amide bonds. The van der Waals surface area contributed by atoms with Gasteiger partial charge in [-0.25, -0.2) is 0 Å². The van der Waals surface area contributed by atoms with Crippen LogP contribution in [0.25, 0.3) is 0 Å². The molecule has 0 aromatic carbocycles. The number of hydrogen-bond acceptors (Lipinski definition) is 5. The molecule has 1 aromatic heterocycles. The second kappa shape index (κ2) is 6.38. The van der Waals surface area contributed by atoms with Crippen molar-refractivity contribution in [3.05, 3.63) is 12.4 Å². The van der Waals surface area contributed by atoms with E-state index in [2.05, 4.69) is 5.10 Å². The van der Waals surface area contributed by atoms with Crippen LogP contribution in [0.5, 0.6) is 0 Å². The molecule has 8 heteroatoms. The first-order chi connectivity index (χ1) is 9.54. The molecule has 2 rings (SSSR count). The molecule has 0 spiro atoms. The molecular formula is C12H20N6O2. The topological polar surface area (TPSA) is 110 Å². The summed E-state index contributed by atoms with van der Waals surface area (Å²) >= 11 is 0. The number of nitrogen functional groups attached to an aromatic ring is 1. The van der Waals surface area contributed by atoms with Crippen LogP contribution in [0, 0.1) is 0 Å². The largest absolute Gasteiger partial charge is 0.396 e. The summed E-state index contributed by atoms with van der Waals surface area (Å²) in [6.45, 7) is 3.16. The van der Waals surface area contributed by atoms with Gasteiger partial charge >= 0.3 is 0 Å². The van der Waals surface area contributed by atoms with E-state index in [4.69, 9.17) is 11.5 Å². The first-order valence-corrected chi connectivity index (χ1v) is 6.61. The fourth-order valence-electron chi connectivity index (χ4n) is 2.30. The van der Waals surface area contributed by atoms with Gasteiger partial charge in [-0.1, -0.05) is 0 Å². The lowest BCUT2D eigenvalue weighted by atomic mass is 10.3. The highest BCUT2D eigenvalue weighted by atomic mass is 16.2. The molecule has 2 heterocycles. The molecule has 0 saturated carbocycles. The molecule has 1 aliphatic heterocycles. The average molecular weight is 280 g/mol. The van der Waals surface area contributed by atoms with Gasteiger partial charge in [-0.2, -0.15) is 5.10 Å². The van der Waals surface area contributed by atoms with Crippen molar-refractivity contribution < 1.29 is 9.59 Å². The Morgan fingerprint density at radius 3 is 2.65 bits per heavy atom. The lowest BCUT2D eigenvalue weighted by molar-refractivity contribution is -0.131. The van der Waals surface area contributed by atoms with E-state index in [-0.39, 0.29) is 24.9 Å². The quantitative estimate of drug-likeness (QED) is 0.696. The number of aromatic nitrogens is 2. The van der Waals surface area contributed by atoms with E-state index in [1.165, 1.54) is 10.9 Å². The zero-order valence-electron chi connectivity index (χ0n) is 11.4. The van der Waals surface area contributed by atoms with E-state index < -0.39 is 0 Å². The molecule has 110 valence electrons. The minimum Gasteiger partial charge on any atom is -0.396 e. The number of nitrogens with zero attached hydrogens (tertiary/aromatic N) is 4. The van der Waals surface area contributed by atoms with Crippen LogP contribution in [0.15, 0.2) is 12.4 Å². The Hall–Kier alpha value is -2.09. The standard InChI is InChI=1S/C12H20N6O2/c13-10-6-15-18(7-10)9-12(20)17-3-1-2-16(4-5-17)8-11(14)19/h6-7H,1-5,8-9,13H2,(H2,14,19). The summed E-state index contributed by atoms with van der Waals surface area (Å²) in [5, 5.41) is 4.00. The fourth-order valence-corrected chi connectivity index (χ4v) is 2.30. The molecule has 1 aliphatic rings. The Balaban J connectivity index is 1.86. The maximum atomic E-state index is 12.2. The highest BCUT2D eigenvalue weighted by Crippen LogP contribution is 2.05. The van der Waals surface area contributed by atoms with Crippen LogP contribution >= 0.6 is 0 Å². The van der Waals surface area contributed by atoms with Crippen LogP contribution in [0.4, 0.5) is 5.69 Å². The van der Waals surface area contributed by atoms with Crippen LogP contribution in [-0.4, -0.2) is 64.1 Å². The van der Waals surface area contributed by atoms with Crippen molar-refractivity contribution in [1.29, 1.82) is 0 Å². The monoisotopic (exact) mass is 280 g/mol. The number of hydrogen-bond donors (Lipinski definition) is 2. The number of carbonyl (C=O) groups excluding carboxylic acids is 2. The third-order valence-corrected chi connectivity index (χ3v) is 3.27. The van der Waals surface area contributed by atoms with E-state index in [0.717, 1.165) is 13.0 Å². The summed E-state index contributed by atoms with van der Waals surface area (Å²) < 4.78 is 1.53. The predicted octanol–water partition coefficient (Wildman–Crippen LogP) is -1.52. The van der Waals surface area contributed by atoms with Gasteiger partial charge in [-0.3, -0.25) is 19.2 Å². The lowest BCUT2D eigenvalue weighted by Crippen LogP contribution is -2.39. The third kappa shape index (κ3) is 3.95. The molecule has 1 aromatic rings. The van der Waals surface area contributed by atoms with Crippen LogP contribution in [0.1, 0.15) is 6.42 Å². The summed E-state index contributed by atoms with van der Waals surface area (Å²) in [5.74, 6) is -0.328. The van der Waals surface area contributed by atoms with Crippen molar-refractivity contribution in [3.8, 4) is 0 Å². The zero-order chi connectivity index (χ0) is 14.5. The zero-order valence-corrected chi connectivity index (χ0v) is 11.4. The van der Waals surface area contributed by atoms with Crippen LogP contribution < -0.4 is 11.5 Å². The normalized spacial score (nSPS) is 16.9. The minimum absolute atomic E-state index is 0.00836. The van der Waals surface area contributed by atoms with Crippen molar-refractivity contribution in [2.45, 2.75) is 13.0 Å². The van der Waals surface area contributed by atoms with Gasteiger partial charge in [0.05, 0.1) is 18.4 Å². The van der Waals surface area contributed by atoms with Crippen LogP contribution in [0.3, 0.4) is 0 Å². The lowest BCUT2D eigenvalue weighted by Gasteiger charge is -2.21. The number of primary amides is 1. The van der Waals surface area contributed by atoms with Gasteiger partial charge in [0.1, 0.15) is 6.54 Å². The minimum atomic E-state index is -0.336. The maximum absolute atomic E-state index is 12.2. The first kappa shape index (κ1) is 14.3. The van der Waals surface area contributed by atoms with Crippen molar-refractivity contribution in [1.82, 2.24) is 19.6 Å². The van der Waals surface area contributed by atoms with Crippen LogP contribution in [-0.2, 0) is 16.1 Å². The maximum Gasteiger partial charge on any atom is 0.244 e. The van der Waals surface area contributed by atoms with Crippen LogP contribution in [0.2, 0.25) is 0 Å². The van der Waals surface area contributed by atoms with E-state index in [1.807, 2.05) is 4.90 Å². The highest BCUT2D eigenvalue weighted by Gasteiger charge is 2.20. The van der Waals surface area contributed by atoms with Gasteiger partial charge < -0.3 is 16.4 Å². The van der Waals surface area contributed by atoms with Gasteiger partial charge in [0.25, 0.3) is 0 Å². The smallest absolute Gasteiger partial charge is 0.244 e. The Bertz CT molecular complexity index is 486.